The van der Waals surface area contributed by atoms with Crippen LogP contribution in [-0.2, 0) is 16.6 Å². The first-order valence-electron chi connectivity index (χ1n) is 5.94. The van der Waals surface area contributed by atoms with Crippen LogP contribution in [0, 0.1) is 5.82 Å². The SMILES string of the molecule is CN(C1CCC1)S(=O)(=O)c1cc(F)c(Cl)c(CO)c1. The molecule has 0 radical (unpaired) electrons. The van der Waals surface area contributed by atoms with E-state index in [0.29, 0.717) is 0 Å². The Bertz CT molecular complexity index is 587. The molecular formula is C12H15ClFNO3S. The van der Waals surface area contributed by atoms with Crippen LogP contribution in [0.3, 0.4) is 0 Å². The van der Waals surface area contributed by atoms with Crippen molar-refractivity contribution in [2.45, 2.75) is 36.8 Å². The lowest BCUT2D eigenvalue weighted by Crippen LogP contribution is -2.41. The second-order valence-corrected chi connectivity index (χ2v) is 7.02. The fourth-order valence-electron chi connectivity index (χ4n) is 2.00. The molecule has 1 fully saturated rings. The Hall–Kier alpha value is -0.690. The third kappa shape index (κ3) is 2.63. The van der Waals surface area contributed by atoms with Crippen molar-refractivity contribution in [2.75, 3.05) is 7.05 Å². The number of aliphatic hydroxyl groups is 1. The highest BCUT2D eigenvalue weighted by molar-refractivity contribution is 7.89. The summed E-state index contributed by atoms with van der Waals surface area (Å²) < 4.78 is 39.5. The number of benzene rings is 1. The Morgan fingerprint density at radius 2 is 2.11 bits per heavy atom. The highest BCUT2D eigenvalue weighted by Gasteiger charge is 2.32. The van der Waals surface area contributed by atoms with Gasteiger partial charge in [-0.05, 0) is 25.0 Å². The van der Waals surface area contributed by atoms with Crippen LogP contribution >= 0.6 is 11.6 Å². The molecule has 1 aliphatic carbocycles. The Morgan fingerprint density at radius 1 is 1.47 bits per heavy atom. The molecule has 7 heteroatoms. The fraction of sp³-hybridized carbons (Fsp3) is 0.500. The number of aliphatic hydroxyl groups excluding tert-OH is 1. The molecule has 1 N–H and O–H groups in total. The van der Waals surface area contributed by atoms with Crippen molar-refractivity contribution in [3.05, 3.63) is 28.5 Å². The molecule has 4 nitrogen and oxygen atoms in total. The molecule has 0 saturated heterocycles. The molecule has 0 heterocycles. The highest BCUT2D eigenvalue weighted by atomic mass is 35.5. The number of sulfonamides is 1. The maximum absolute atomic E-state index is 13.6. The van der Waals surface area contributed by atoms with Crippen LogP contribution in [0.2, 0.25) is 5.02 Å². The highest BCUT2D eigenvalue weighted by Crippen LogP contribution is 2.31. The molecule has 0 amide bonds. The third-order valence-corrected chi connectivity index (χ3v) is 5.82. The molecule has 0 spiro atoms. The summed E-state index contributed by atoms with van der Waals surface area (Å²) >= 11 is 5.65. The minimum absolute atomic E-state index is 0.0266. The number of hydrogen-bond donors (Lipinski definition) is 1. The molecule has 0 aliphatic heterocycles. The van der Waals surface area contributed by atoms with Crippen molar-refractivity contribution in [1.29, 1.82) is 0 Å². The predicted molar refractivity (Wildman–Crippen MR) is 69.9 cm³/mol. The van der Waals surface area contributed by atoms with Gasteiger partial charge in [0.25, 0.3) is 0 Å². The van der Waals surface area contributed by atoms with E-state index in [2.05, 4.69) is 0 Å². The Morgan fingerprint density at radius 3 is 2.58 bits per heavy atom. The molecule has 0 unspecified atom stereocenters. The summed E-state index contributed by atoms with van der Waals surface area (Å²) in [6.07, 6.45) is 2.64. The van der Waals surface area contributed by atoms with Crippen molar-refractivity contribution in [3.63, 3.8) is 0 Å². The second-order valence-electron chi connectivity index (χ2n) is 4.64. The van der Waals surface area contributed by atoms with Gasteiger partial charge in [0, 0.05) is 18.7 Å². The van der Waals surface area contributed by atoms with Gasteiger partial charge >= 0.3 is 0 Å². The zero-order valence-electron chi connectivity index (χ0n) is 10.4. The zero-order valence-corrected chi connectivity index (χ0v) is 12.0. The summed E-state index contributed by atoms with van der Waals surface area (Å²) in [5.41, 5.74) is 0.0715. The molecular weight excluding hydrogens is 293 g/mol. The van der Waals surface area contributed by atoms with Gasteiger partial charge in [0.1, 0.15) is 5.82 Å². The lowest BCUT2D eigenvalue weighted by atomic mass is 9.94. The van der Waals surface area contributed by atoms with E-state index >= 15 is 0 Å². The average Bonchev–Trinajstić information content (AvgIpc) is 2.30. The van der Waals surface area contributed by atoms with E-state index in [4.69, 9.17) is 16.7 Å². The van der Waals surface area contributed by atoms with Crippen molar-refractivity contribution in [3.8, 4) is 0 Å². The molecule has 1 aromatic rings. The molecule has 0 aromatic heterocycles. The van der Waals surface area contributed by atoms with Gasteiger partial charge in [-0.25, -0.2) is 12.8 Å². The standard InChI is InChI=1S/C12H15ClFNO3S/c1-15(9-3-2-4-9)19(17,18)10-5-8(7-16)12(13)11(14)6-10/h5-6,9,16H,2-4,7H2,1H3. The number of hydrogen-bond acceptors (Lipinski definition) is 3. The topological polar surface area (TPSA) is 57.6 Å². The summed E-state index contributed by atoms with van der Waals surface area (Å²) in [7, 11) is -2.26. The summed E-state index contributed by atoms with van der Waals surface area (Å²) in [5.74, 6) is -0.839. The molecule has 106 valence electrons. The van der Waals surface area contributed by atoms with Crippen LogP contribution in [0.15, 0.2) is 17.0 Å². The van der Waals surface area contributed by atoms with Crippen LogP contribution in [0.1, 0.15) is 24.8 Å². The average molecular weight is 308 g/mol. The zero-order chi connectivity index (χ0) is 14.2. The first kappa shape index (κ1) is 14.7. The smallest absolute Gasteiger partial charge is 0.243 e. The Kier molecular flexibility index (Phi) is 4.15. The van der Waals surface area contributed by atoms with Crippen molar-refractivity contribution >= 4 is 21.6 Å². The molecule has 0 atom stereocenters. The molecule has 0 bridgehead atoms. The van der Waals surface area contributed by atoms with Gasteiger partial charge in [0.15, 0.2) is 0 Å². The lowest BCUT2D eigenvalue weighted by Gasteiger charge is -2.33. The van der Waals surface area contributed by atoms with Gasteiger partial charge in [0.05, 0.1) is 16.5 Å². The third-order valence-electron chi connectivity index (χ3n) is 3.51. The normalized spacial score (nSPS) is 16.7. The van der Waals surface area contributed by atoms with E-state index in [0.717, 1.165) is 25.3 Å². The predicted octanol–water partition coefficient (Wildman–Crippen LogP) is 2.14. The van der Waals surface area contributed by atoms with Crippen LogP contribution < -0.4 is 0 Å². The van der Waals surface area contributed by atoms with E-state index in [1.807, 2.05) is 0 Å². The monoisotopic (exact) mass is 307 g/mol. The van der Waals surface area contributed by atoms with Crippen molar-refractivity contribution in [2.24, 2.45) is 0 Å². The first-order valence-corrected chi connectivity index (χ1v) is 7.76. The summed E-state index contributed by atoms with van der Waals surface area (Å²) in [6.45, 7) is -0.508. The van der Waals surface area contributed by atoms with E-state index in [1.165, 1.54) is 17.4 Å². The summed E-state index contributed by atoms with van der Waals surface area (Å²) in [5, 5.41) is 8.84. The molecule has 1 saturated carbocycles. The van der Waals surface area contributed by atoms with Crippen LogP contribution in [-0.4, -0.2) is 30.9 Å². The minimum atomic E-state index is -3.75. The van der Waals surface area contributed by atoms with Crippen molar-refractivity contribution in [1.82, 2.24) is 4.31 Å². The number of halogens is 2. The maximum atomic E-state index is 13.6. The molecule has 2 rings (SSSR count). The number of rotatable bonds is 4. The summed E-state index contributed by atoms with van der Waals surface area (Å²) in [4.78, 5) is -0.173. The van der Waals surface area contributed by atoms with Crippen LogP contribution in [0.4, 0.5) is 4.39 Å². The molecule has 1 aromatic carbocycles. The Labute approximate surface area is 116 Å². The largest absolute Gasteiger partial charge is 0.392 e. The second kappa shape index (κ2) is 5.36. The Balaban J connectivity index is 2.42. The van der Waals surface area contributed by atoms with Gasteiger partial charge in [-0.1, -0.05) is 18.0 Å². The fourth-order valence-corrected chi connectivity index (χ4v) is 3.64. The molecule has 19 heavy (non-hydrogen) atoms. The van der Waals surface area contributed by atoms with E-state index in [1.54, 1.807) is 0 Å². The van der Waals surface area contributed by atoms with Crippen molar-refractivity contribution < 1.29 is 17.9 Å². The van der Waals surface area contributed by atoms with Gasteiger partial charge < -0.3 is 5.11 Å². The molecule has 1 aliphatic rings. The van der Waals surface area contributed by atoms with E-state index in [9.17, 15) is 12.8 Å². The van der Waals surface area contributed by atoms with E-state index in [-0.39, 0.29) is 21.5 Å². The quantitative estimate of drug-likeness (QED) is 0.927. The lowest BCUT2D eigenvalue weighted by molar-refractivity contribution is 0.249. The first-order chi connectivity index (χ1) is 8.87. The maximum Gasteiger partial charge on any atom is 0.243 e. The van der Waals surface area contributed by atoms with Gasteiger partial charge in [-0.15, -0.1) is 0 Å². The number of nitrogens with zero attached hydrogens (tertiary/aromatic N) is 1. The van der Waals surface area contributed by atoms with E-state index < -0.39 is 22.4 Å². The van der Waals surface area contributed by atoms with Gasteiger partial charge in [-0.3, -0.25) is 0 Å². The van der Waals surface area contributed by atoms with Crippen LogP contribution in [0.25, 0.3) is 0 Å². The van der Waals surface area contributed by atoms with Crippen LogP contribution in [0.5, 0.6) is 0 Å². The summed E-state index contributed by atoms with van der Waals surface area (Å²) in [6, 6.07) is 2.09. The minimum Gasteiger partial charge on any atom is -0.392 e. The van der Waals surface area contributed by atoms with Gasteiger partial charge in [-0.2, -0.15) is 4.31 Å². The van der Waals surface area contributed by atoms with Gasteiger partial charge in [0.2, 0.25) is 10.0 Å².